The van der Waals surface area contributed by atoms with E-state index in [4.69, 9.17) is 4.42 Å². The van der Waals surface area contributed by atoms with Crippen LogP contribution in [0.1, 0.15) is 24.3 Å². The summed E-state index contributed by atoms with van der Waals surface area (Å²) >= 11 is 0. The Hall–Kier alpha value is -1.68. The van der Waals surface area contributed by atoms with Crippen LogP contribution in [0.3, 0.4) is 0 Å². The number of rotatable bonds is 4. The number of benzene rings is 1. The van der Waals surface area contributed by atoms with Gasteiger partial charge in [-0.25, -0.2) is 8.78 Å². The largest absolute Gasteiger partial charge is 0.468 e. The molecule has 0 bridgehead atoms. The normalized spacial score (nSPS) is 12.6. The van der Waals surface area contributed by atoms with Gasteiger partial charge in [-0.15, -0.1) is 0 Å². The minimum atomic E-state index is -0.826. The Bertz CT molecular complexity index is 482. The van der Waals surface area contributed by atoms with Crippen molar-refractivity contribution in [1.82, 2.24) is 5.32 Å². The first-order valence-corrected chi connectivity index (χ1v) is 5.37. The van der Waals surface area contributed by atoms with E-state index in [0.29, 0.717) is 12.1 Å². The molecule has 2 nitrogen and oxygen atoms in total. The highest BCUT2D eigenvalue weighted by Crippen LogP contribution is 2.14. The van der Waals surface area contributed by atoms with Gasteiger partial charge in [0.05, 0.1) is 12.3 Å². The molecule has 0 radical (unpaired) electrons. The fourth-order valence-electron chi connectivity index (χ4n) is 1.56. The Morgan fingerprint density at radius 2 is 2.06 bits per heavy atom. The summed E-state index contributed by atoms with van der Waals surface area (Å²) in [4.78, 5) is 0. The number of hydrogen-bond acceptors (Lipinski definition) is 2. The van der Waals surface area contributed by atoms with Crippen LogP contribution >= 0.6 is 0 Å². The molecule has 0 saturated carbocycles. The summed E-state index contributed by atoms with van der Waals surface area (Å²) in [6, 6.07) is 7.58. The zero-order chi connectivity index (χ0) is 12.3. The molecular weight excluding hydrogens is 224 g/mol. The van der Waals surface area contributed by atoms with Crippen LogP contribution in [0, 0.1) is 11.6 Å². The van der Waals surface area contributed by atoms with E-state index in [2.05, 4.69) is 5.32 Å². The summed E-state index contributed by atoms with van der Waals surface area (Å²) in [7, 11) is 0. The Labute approximate surface area is 98.3 Å². The summed E-state index contributed by atoms with van der Waals surface area (Å²) in [5.74, 6) is -0.838. The minimum Gasteiger partial charge on any atom is -0.468 e. The predicted octanol–water partition coefficient (Wildman–Crippen LogP) is 3.41. The van der Waals surface area contributed by atoms with Crippen LogP contribution in [0.25, 0.3) is 0 Å². The van der Waals surface area contributed by atoms with E-state index in [1.54, 1.807) is 12.3 Å². The highest BCUT2D eigenvalue weighted by Gasteiger charge is 2.08. The van der Waals surface area contributed by atoms with E-state index in [-0.39, 0.29) is 6.04 Å². The zero-order valence-electron chi connectivity index (χ0n) is 9.41. The number of furan rings is 1. The van der Waals surface area contributed by atoms with Gasteiger partial charge in [0.2, 0.25) is 0 Å². The van der Waals surface area contributed by atoms with E-state index in [9.17, 15) is 8.78 Å². The van der Waals surface area contributed by atoms with E-state index >= 15 is 0 Å². The second-order valence-electron chi connectivity index (χ2n) is 3.87. The average Bonchev–Trinajstić information content (AvgIpc) is 2.84. The second-order valence-corrected chi connectivity index (χ2v) is 3.87. The molecule has 0 saturated heterocycles. The number of nitrogens with one attached hydrogen (secondary N) is 1. The Morgan fingerprint density at radius 1 is 1.24 bits per heavy atom. The maximum atomic E-state index is 13.0. The first-order chi connectivity index (χ1) is 8.16. The first-order valence-electron chi connectivity index (χ1n) is 5.37. The molecule has 1 heterocycles. The highest BCUT2D eigenvalue weighted by molar-refractivity contribution is 5.18. The van der Waals surface area contributed by atoms with Crippen molar-refractivity contribution in [2.45, 2.75) is 19.5 Å². The molecule has 4 heteroatoms. The predicted molar refractivity (Wildman–Crippen MR) is 60.3 cm³/mol. The van der Waals surface area contributed by atoms with Gasteiger partial charge in [-0.1, -0.05) is 6.07 Å². The Balaban J connectivity index is 1.96. The van der Waals surface area contributed by atoms with Crippen molar-refractivity contribution in [3.63, 3.8) is 0 Å². The minimum absolute atomic E-state index is 0.0260. The second kappa shape index (κ2) is 5.10. The lowest BCUT2D eigenvalue weighted by Crippen LogP contribution is -2.17. The molecule has 0 unspecified atom stereocenters. The lowest BCUT2D eigenvalue weighted by atomic mass is 10.2. The fraction of sp³-hybridized carbons (Fsp3) is 0.231. The van der Waals surface area contributed by atoms with Crippen molar-refractivity contribution in [2.75, 3.05) is 0 Å². The van der Waals surface area contributed by atoms with Crippen molar-refractivity contribution < 1.29 is 13.2 Å². The van der Waals surface area contributed by atoms with Crippen molar-refractivity contribution in [2.24, 2.45) is 0 Å². The van der Waals surface area contributed by atoms with Crippen LogP contribution in [0.2, 0.25) is 0 Å². The molecule has 2 aromatic rings. The first kappa shape index (κ1) is 11.8. The molecule has 0 spiro atoms. The quantitative estimate of drug-likeness (QED) is 0.881. The Kier molecular flexibility index (Phi) is 3.54. The van der Waals surface area contributed by atoms with Gasteiger partial charge in [0.1, 0.15) is 5.76 Å². The van der Waals surface area contributed by atoms with Crippen LogP contribution in [0.15, 0.2) is 41.0 Å². The van der Waals surface area contributed by atoms with Crippen molar-refractivity contribution in [1.29, 1.82) is 0 Å². The SMILES string of the molecule is C[C@H](NCc1ccc(F)c(F)c1)c1ccco1. The molecule has 0 fully saturated rings. The van der Waals surface area contributed by atoms with Gasteiger partial charge in [-0.05, 0) is 36.8 Å². The van der Waals surface area contributed by atoms with Crippen LogP contribution in [-0.2, 0) is 6.54 Å². The zero-order valence-corrected chi connectivity index (χ0v) is 9.41. The van der Waals surface area contributed by atoms with E-state index in [1.807, 2.05) is 19.1 Å². The van der Waals surface area contributed by atoms with Crippen LogP contribution < -0.4 is 5.32 Å². The van der Waals surface area contributed by atoms with Crippen LogP contribution in [0.4, 0.5) is 8.78 Å². The van der Waals surface area contributed by atoms with Gasteiger partial charge in [0.25, 0.3) is 0 Å². The van der Waals surface area contributed by atoms with Gasteiger partial charge in [0, 0.05) is 6.54 Å². The van der Waals surface area contributed by atoms with Gasteiger partial charge in [0.15, 0.2) is 11.6 Å². The van der Waals surface area contributed by atoms with Crippen LogP contribution in [0.5, 0.6) is 0 Å². The lowest BCUT2D eigenvalue weighted by molar-refractivity contribution is 0.429. The number of halogens is 2. The van der Waals surface area contributed by atoms with E-state index in [1.165, 1.54) is 6.07 Å². The maximum Gasteiger partial charge on any atom is 0.159 e. The third-order valence-electron chi connectivity index (χ3n) is 2.57. The summed E-state index contributed by atoms with van der Waals surface area (Å²) < 4.78 is 30.9. The van der Waals surface area contributed by atoms with Gasteiger partial charge >= 0.3 is 0 Å². The van der Waals surface area contributed by atoms with Crippen molar-refractivity contribution >= 4 is 0 Å². The highest BCUT2D eigenvalue weighted by atomic mass is 19.2. The summed E-state index contributed by atoms with van der Waals surface area (Å²) in [6.07, 6.45) is 1.60. The molecule has 90 valence electrons. The third-order valence-corrected chi connectivity index (χ3v) is 2.57. The molecule has 0 amide bonds. The monoisotopic (exact) mass is 237 g/mol. The third kappa shape index (κ3) is 2.91. The Morgan fingerprint density at radius 3 is 2.71 bits per heavy atom. The molecule has 1 aromatic carbocycles. The smallest absolute Gasteiger partial charge is 0.159 e. The summed E-state index contributed by atoms with van der Waals surface area (Å²) in [5, 5.41) is 3.17. The molecule has 0 aliphatic rings. The standard InChI is InChI=1S/C13H13F2NO/c1-9(13-3-2-6-17-13)16-8-10-4-5-11(14)12(15)7-10/h2-7,9,16H,8H2,1H3/t9-/m0/s1. The summed E-state index contributed by atoms with van der Waals surface area (Å²) in [5.41, 5.74) is 0.697. The lowest BCUT2D eigenvalue weighted by Gasteiger charge is -2.11. The van der Waals surface area contributed by atoms with Crippen LogP contribution in [-0.4, -0.2) is 0 Å². The van der Waals surface area contributed by atoms with Gasteiger partial charge in [-0.3, -0.25) is 0 Å². The van der Waals surface area contributed by atoms with Crippen molar-refractivity contribution in [3.05, 3.63) is 59.6 Å². The molecule has 0 aliphatic heterocycles. The molecule has 0 aliphatic carbocycles. The van der Waals surface area contributed by atoms with E-state index in [0.717, 1.165) is 11.8 Å². The number of hydrogen-bond donors (Lipinski definition) is 1. The molecule has 1 N–H and O–H groups in total. The fourth-order valence-corrected chi connectivity index (χ4v) is 1.56. The van der Waals surface area contributed by atoms with E-state index < -0.39 is 11.6 Å². The summed E-state index contributed by atoms with van der Waals surface area (Å²) in [6.45, 7) is 2.40. The molecule has 2 rings (SSSR count). The topological polar surface area (TPSA) is 25.2 Å². The average molecular weight is 237 g/mol. The van der Waals surface area contributed by atoms with Gasteiger partial charge < -0.3 is 9.73 Å². The van der Waals surface area contributed by atoms with Crippen molar-refractivity contribution in [3.8, 4) is 0 Å². The maximum absolute atomic E-state index is 13.0. The molecule has 1 aromatic heterocycles. The van der Waals surface area contributed by atoms with Gasteiger partial charge in [-0.2, -0.15) is 0 Å². The molecular formula is C13H13F2NO. The molecule has 1 atom stereocenters. The molecule has 17 heavy (non-hydrogen) atoms.